The van der Waals surface area contributed by atoms with Gasteiger partial charge in [0, 0.05) is 6.54 Å². The number of nitrogens with zero attached hydrogens (tertiary/aromatic N) is 1. The first kappa shape index (κ1) is 15.1. The van der Waals surface area contributed by atoms with Crippen molar-refractivity contribution in [2.45, 2.75) is 31.7 Å². The minimum Gasteiger partial charge on any atom is -0.370 e. The van der Waals surface area contributed by atoms with E-state index in [-0.39, 0.29) is 18.4 Å². The largest absolute Gasteiger partial charge is 0.370 e. The molecular formula is C16H22ClN3. The standard InChI is InChI=1S/C16H21N3.ClH/c17-15(16-18-8-9-19-16)14-7-3-6-13(11-14)10-12-4-1-2-5-12;/h3-4,6-7,11,15H,1-2,5,8-10,17H2,(H,18,19);1H. The monoisotopic (exact) mass is 291 g/mol. The highest BCUT2D eigenvalue weighted by Gasteiger charge is 2.16. The summed E-state index contributed by atoms with van der Waals surface area (Å²) in [6, 6.07) is 8.51. The Morgan fingerprint density at radius 3 is 2.95 bits per heavy atom. The number of hydrogen-bond donors (Lipinski definition) is 2. The van der Waals surface area contributed by atoms with Crippen LogP contribution in [-0.2, 0) is 6.42 Å². The third-order valence-corrected chi connectivity index (χ3v) is 3.87. The second-order valence-electron chi connectivity index (χ2n) is 5.35. The fourth-order valence-corrected chi connectivity index (χ4v) is 2.84. The van der Waals surface area contributed by atoms with Crippen LogP contribution in [0.2, 0.25) is 0 Å². The van der Waals surface area contributed by atoms with Crippen molar-refractivity contribution in [3.8, 4) is 0 Å². The summed E-state index contributed by atoms with van der Waals surface area (Å²) in [4.78, 5) is 4.41. The van der Waals surface area contributed by atoms with Crippen molar-refractivity contribution in [1.29, 1.82) is 0 Å². The van der Waals surface area contributed by atoms with Crippen LogP contribution in [0, 0.1) is 0 Å². The first-order valence-electron chi connectivity index (χ1n) is 7.13. The number of halogens is 1. The molecule has 1 aromatic rings. The van der Waals surface area contributed by atoms with Gasteiger partial charge in [0.25, 0.3) is 0 Å². The van der Waals surface area contributed by atoms with Crippen LogP contribution < -0.4 is 11.1 Å². The van der Waals surface area contributed by atoms with E-state index in [0.717, 1.165) is 30.9 Å². The van der Waals surface area contributed by atoms with Crippen molar-refractivity contribution in [3.05, 3.63) is 47.0 Å². The predicted octanol–water partition coefficient (Wildman–Crippen LogP) is 2.76. The first-order chi connectivity index (χ1) is 9.33. The van der Waals surface area contributed by atoms with Crippen molar-refractivity contribution in [2.75, 3.05) is 13.1 Å². The summed E-state index contributed by atoms with van der Waals surface area (Å²) in [5.41, 5.74) is 10.4. The van der Waals surface area contributed by atoms with E-state index in [2.05, 4.69) is 40.7 Å². The number of nitrogens with two attached hydrogens (primary N) is 1. The molecular weight excluding hydrogens is 270 g/mol. The van der Waals surface area contributed by atoms with E-state index in [4.69, 9.17) is 5.73 Å². The number of benzene rings is 1. The van der Waals surface area contributed by atoms with Gasteiger partial charge >= 0.3 is 0 Å². The smallest absolute Gasteiger partial charge is 0.118 e. The van der Waals surface area contributed by atoms with Crippen LogP contribution in [0.4, 0.5) is 0 Å². The molecule has 1 atom stereocenters. The van der Waals surface area contributed by atoms with Gasteiger partial charge in [-0.15, -0.1) is 12.4 Å². The lowest BCUT2D eigenvalue weighted by atomic mass is 9.99. The highest BCUT2D eigenvalue weighted by atomic mass is 35.5. The lowest BCUT2D eigenvalue weighted by Crippen LogP contribution is -2.31. The summed E-state index contributed by atoms with van der Waals surface area (Å²) in [6.45, 7) is 1.76. The van der Waals surface area contributed by atoms with E-state index in [1.54, 1.807) is 5.57 Å². The van der Waals surface area contributed by atoms with Gasteiger partial charge in [0.15, 0.2) is 0 Å². The van der Waals surface area contributed by atoms with Crippen LogP contribution in [0.3, 0.4) is 0 Å². The molecule has 108 valence electrons. The SMILES string of the molecule is Cl.NC(C1=NCCN1)c1cccc(CC2=CCCC2)c1. The van der Waals surface area contributed by atoms with Gasteiger partial charge in [-0.25, -0.2) is 0 Å². The molecule has 3 N–H and O–H groups in total. The van der Waals surface area contributed by atoms with Gasteiger partial charge in [0.05, 0.1) is 12.6 Å². The molecule has 1 unspecified atom stereocenters. The quantitative estimate of drug-likeness (QED) is 0.838. The average molecular weight is 292 g/mol. The van der Waals surface area contributed by atoms with Crippen molar-refractivity contribution in [1.82, 2.24) is 5.32 Å². The van der Waals surface area contributed by atoms with Gasteiger partial charge in [0.1, 0.15) is 5.84 Å². The second-order valence-corrected chi connectivity index (χ2v) is 5.35. The van der Waals surface area contributed by atoms with Gasteiger partial charge in [-0.05, 0) is 36.8 Å². The normalized spacial score (nSPS) is 18.9. The molecule has 0 saturated heterocycles. The summed E-state index contributed by atoms with van der Waals surface area (Å²) >= 11 is 0. The molecule has 1 aliphatic heterocycles. The molecule has 1 heterocycles. The number of aliphatic imine (C=N–C) groups is 1. The summed E-state index contributed by atoms with van der Waals surface area (Å²) in [5, 5.41) is 3.26. The topological polar surface area (TPSA) is 50.4 Å². The Morgan fingerprint density at radius 1 is 1.35 bits per heavy atom. The van der Waals surface area contributed by atoms with E-state index in [9.17, 15) is 0 Å². The molecule has 0 amide bonds. The molecule has 20 heavy (non-hydrogen) atoms. The van der Waals surface area contributed by atoms with Gasteiger partial charge in [-0.3, -0.25) is 4.99 Å². The molecule has 0 saturated carbocycles. The zero-order valence-corrected chi connectivity index (χ0v) is 12.5. The van der Waals surface area contributed by atoms with Crippen molar-refractivity contribution in [2.24, 2.45) is 10.7 Å². The summed E-state index contributed by atoms with van der Waals surface area (Å²) in [6.07, 6.45) is 7.27. The Bertz CT molecular complexity index is 522. The Hall–Kier alpha value is -1.32. The zero-order chi connectivity index (χ0) is 13.1. The Labute approximate surface area is 126 Å². The molecule has 4 heteroatoms. The number of allylic oxidation sites excluding steroid dienone is 2. The van der Waals surface area contributed by atoms with Crippen molar-refractivity contribution < 1.29 is 0 Å². The number of nitrogens with one attached hydrogen (secondary N) is 1. The molecule has 1 aromatic carbocycles. The average Bonchev–Trinajstić information content (AvgIpc) is 3.11. The highest BCUT2D eigenvalue weighted by Crippen LogP contribution is 2.23. The third kappa shape index (κ3) is 3.41. The third-order valence-electron chi connectivity index (χ3n) is 3.87. The lowest BCUT2D eigenvalue weighted by Gasteiger charge is -2.14. The highest BCUT2D eigenvalue weighted by molar-refractivity contribution is 5.89. The van der Waals surface area contributed by atoms with Gasteiger partial charge in [-0.1, -0.05) is 35.9 Å². The molecule has 3 nitrogen and oxygen atoms in total. The zero-order valence-electron chi connectivity index (χ0n) is 11.6. The van der Waals surface area contributed by atoms with Crippen LogP contribution in [0.15, 0.2) is 40.9 Å². The van der Waals surface area contributed by atoms with E-state index < -0.39 is 0 Å². The van der Waals surface area contributed by atoms with E-state index >= 15 is 0 Å². The van der Waals surface area contributed by atoms with Gasteiger partial charge < -0.3 is 11.1 Å². The molecule has 2 aliphatic rings. The minimum atomic E-state index is -0.111. The van der Waals surface area contributed by atoms with Crippen LogP contribution in [-0.4, -0.2) is 18.9 Å². The second kappa shape index (κ2) is 6.91. The van der Waals surface area contributed by atoms with E-state index in [1.807, 2.05) is 0 Å². The molecule has 1 aliphatic carbocycles. The predicted molar refractivity (Wildman–Crippen MR) is 86.6 cm³/mol. The summed E-state index contributed by atoms with van der Waals surface area (Å²) in [5.74, 6) is 0.928. The van der Waals surface area contributed by atoms with Crippen LogP contribution >= 0.6 is 12.4 Å². The Balaban J connectivity index is 0.00000147. The van der Waals surface area contributed by atoms with E-state index in [1.165, 1.54) is 24.8 Å². The maximum absolute atomic E-state index is 6.27. The molecule has 0 radical (unpaired) electrons. The fraction of sp³-hybridized carbons (Fsp3) is 0.438. The molecule has 0 fully saturated rings. The van der Waals surface area contributed by atoms with Gasteiger partial charge in [-0.2, -0.15) is 0 Å². The first-order valence-corrected chi connectivity index (χ1v) is 7.13. The number of rotatable bonds is 4. The van der Waals surface area contributed by atoms with Crippen LogP contribution in [0.1, 0.15) is 36.4 Å². The van der Waals surface area contributed by atoms with Gasteiger partial charge in [0.2, 0.25) is 0 Å². The van der Waals surface area contributed by atoms with Crippen molar-refractivity contribution in [3.63, 3.8) is 0 Å². The molecule has 3 rings (SSSR count). The number of amidine groups is 1. The fourth-order valence-electron chi connectivity index (χ4n) is 2.84. The van der Waals surface area contributed by atoms with Crippen LogP contribution in [0.25, 0.3) is 0 Å². The maximum Gasteiger partial charge on any atom is 0.118 e. The van der Waals surface area contributed by atoms with Crippen molar-refractivity contribution >= 4 is 18.2 Å². The molecule has 0 spiro atoms. The molecule has 0 bridgehead atoms. The molecule has 0 aromatic heterocycles. The summed E-state index contributed by atoms with van der Waals surface area (Å²) < 4.78 is 0. The van der Waals surface area contributed by atoms with E-state index in [0.29, 0.717) is 0 Å². The number of hydrogen-bond acceptors (Lipinski definition) is 3. The summed E-state index contributed by atoms with van der Waals surface area (Å²) in [7, 11) is 0. The maximum atomic E-state index is 6.27. The lowest BCUT2D eigenvalue weighted by molar-refractivity contribution is 0.879. The Morgan fingerprint density at radius 2 is 2.25 bits per heavy atom. The van der Waals surface area contributed by atoms with Crippen LogP contribution in [0.5, 0.6) is 0 Å². The minimum absolute atomic E-state index is 0. The Kier molecular flexibility index (Phi) is 5.21.